The van der Waals surface area contributed by atoms with Crippen LogP contribution in [0.4, 0.5) is 15.8 Å². The Balaban J connectivity index is 2.16. The second kappa shape index (κ2) is 4.74. The van der Waals surface area contributed by atoms with Gasteiger partial charge in [-0.3, -0.25) is 0 Å². The Bertz CT molecular complexity index is 508. The average molecular weight is 232 g/mol. The van der Waals surface area contributed by atoms with Gasteiger partial charge in [-0.15, -0.1) is 0 Å². The second-order valence-corrected chi connectivity index (χ2v) is 3.68. The van der Waals surface area contributed by atoms with E-state index in [9.17, 15) is 9.50 Å². The van der Waals surface area contributed by atoms with Crippen LogP contribution < -0.4 is 11.1 Å². The van der Waals surface area contributed by atoms with Crippen molar-refractivity contribution in [2.24, 2.45) is 0 Å². The minimum absolute atomic E-state index is 0.105. The van der Waals surface area contributed by atoms with Gasteiger partial charge in [-0.25, -0.2) is 4.39 Å². The van der Waals surface area contributed by atoms with Crippen LogP contribution in [0.1, 0.15) is 5.56 Å². The largest absolute Gasteiger partial charge is 0.508 e. The number of nitrogens with two attached hydrogens (primary N) is 1. The van der Waals surface area contributed by atoms with Gasteiger partial charge in [0.25, 0.3) is 0 Å². The van der Waals surface area contributed by atoms with Crippen molar-refractivity contribution in [1.82, 2.24) is 0 Å². The van der Waals surface area contributed by atoms with E-state index in [1.165, 1.54) is 6.07 Å². The molecule has 0 aliphatic rings. The Labute approximate surface area is 98.7 Å². The molecule has 4 heteroatoms. The van der Waals surface area contributed by atoms with Gasteiger partial charge in [-0.2, -0.15) is 0 Å². The van der Waals surface area contributed by atoms with Crippen LogP contribution in [0.25, 0.3) is 0 Å². The summed E-state index contributed by atoms with van der Waals surface area (Å²) in [6.07, 6.45) is 0. The van der Waals surface area contributed by atoms with Crippen molar-refractivity contribution in [2.45, 2.75) is 6.54 Å². The average Bonchev–Trinajstić information content (AvgIpc) is 2.30. The smallest absolute Gasteiger partial charge is 0.146 e. The molecule has 0 unspecified atom stereocenters. The van der Waals surface area contributed by atoms with Crippen LogP contribution in [0, 0.1) is 5.82 Å². The van der Waals surface area contributed by atoms with E-state index in [1.807, 2.05) is 0 Å². The highest BCUT2D eigenvalue weighted by atomic mass is 19.1. The first-order valence-corrected chi connectivity index (χ1v) is 5.23. The van der Waals surface area contributed by atoms with Crippen molar-refractivity contribution in [3.63, 3.8) is 0 Å². The maximum Gasteiger partial charge on any atom is 0.146 e. The normalized spacial score (nSPS) is 10.2. The van der Waals surface area contributed by atoms with Gasteiger partial charge in [0.15, 0.2) is 0 Å². The molecule has 0 fully saturated rings. The number of phenolic OH excluding ortho intramolecular Hbond substituents is 1. The van der Waals surface area contributed by atoms with Crippen molar-refractivity contribution < 1.29 is 9.50 Å². The number of aromatic hydroxyl groups is 1. The molecule has 2 aromatic rings. The van der Waals surface area contributed by atoms with Crippen LogP contribution in [0.15, 0.2) is 42.5 Å². The van der Waals surface area contributed by atoms with Gasteiger partial charge < -0.3 is 16.2 Å². The molecule has 0 aromatic heterocycles. The van der Waals surface area contributed by atoms with E-state index in [-0.39, 0.29) is 18.1 Å². The number of nitrogens with one attached hydrogen (secondary N) is 1. The molecule has 2 aromatic carbocycles. The minimum Gasteiger partial charge on any atom is -0.508 e. The summed E-state index contributed by atoms with van der Waals surface area (Å²) in [4.78, 5) is 0. The first-order chi connectivity index (χ1) is 8.18. The maximum absolute atomic E-state index is 13.3. The Morgan fingerprint density at radius 1 is 1.12 bits per heavy atom. The molecule has 0 atom stereocenters. The fourth-order valence-electron chi connectivity index (χ4n) is 1.57. The Morgan fingerprint density at radius 2 is 1.88 bits per heavy atom. The van der Waals surface area contributed by atoms with E-state index >= 15 is 0 Å². The highest BCUT2D eigenvalue weighted by Gasteiger charge is 2.06. The summed E-state index contributed by atoms with van der Waals surface area (Å²) in [5, 5.41) is 12.5. The molecule has 88 valence electrons. The summed E-state index contributed by atoms with van der Waals surface area (Å²) in [5.74, 6) is -0.227. The highest BCUT2D eigenvalue weighted by molar-refractivity contribution is 5.56. The first-order valence-electron chi connectivity index (χ1n) is 5.23. The summed E-state index contributed by atoms with van der Waals surface area (Å²) in [6, 6.07) is 11.3. The van der Waals surface area contributed by atoms with Gasteiger partial charge in [-0.05, 0) is 24.3 Å². The molecule has 0 spiro atoms. The molecular formula is C13H13FN2O. The number of hydrogen-bond acceptors (Lipinski definition) is 3. The van der Waals surface area contributed by atoms with Gasteiger partial charge in [-0.1, -0.05) is 18.2 Å². The molecule has 4 N–H and O–H groups in total. The van der Waals surface area contributed by atoms with E-state index < -0.39 is 0 Å². The van der Waals surface area contributed by atoms with Crippen molar-refractivity contribution in [3.05, 3.63) is 53.8 Å². The molecule has 0 bridgehead atoms. The third-order valence-corrected chi connectivity index (χ3v) is 2.52. The van der Waals surface area contributed by atoms with E-state index in [0.29, 0.717) is 16.9 Å². The molecule has 0 saturated heterocycles. The molecule has 0 heterocycles. The third kappa shape index (κ3) is 2.47. The van der Waals surface area contributed by atoms with Gasteiger partial charge in [0.05, 0.1) is 5.69 Å². The Kier molecular flexibility index (Phi) is 3.14. The van der Waals surface area contributed by atoms with Crippen LogP contribution in [-0.2, 0) is 6.54 Å². The lowest BCUT2D eigenvalue weighted by Crippen LogP contribution is -2.04. The number of para-hydroxylation sites is 1. The lowest BCUT2D eigenvalue weighted by atomic mass is 10.1. The summed E-state index contributed by atoms with van der Waals surface area (Å²) in [5.41, 5.74) is 7.16. The third-order valence-electron chi connectivity index (χ3n) is 2.52. The van der Waals surface area contributed by atoms with Gasteiger partial charge >= 0.3 is 0 Å². The fraction of sp³-hybridized carbons (Fsp3) is 0.0769. The molecule has 0 amide bonds. The van der Waals surface area contributed by atoms with Crippen LogP contribution in [0.2, 0.25) is 0 Å². The maximum atomic E-state index is 13.3. The molecular weight excluding hydrogens is 219 g/mol. The number of anilines is 2. The molecule has 2 rings (SSSR count). The zero-order chi connectivity index (χ0) is 12.3. The first kappa shape index (κ1) is 11.3. The van der Waals surface area contributed by atoms with Crippen LogP contribution >= 0.6 is 0 Å². The van der Waals surface area contributed by atoms with E-state index in [1.54, 1.807) is 36.4 Å². The van der Waals surface area contributed by atoms with Gasteiger partial charge in [0.2, 0.25) is 0 Å². The zero-order valence-corrected chi connectivity index (χ0v) is 9.15. The number of nitrogen functional groups attached to an aromatic ring is 1. The second-order valence-electron chi connectivity index (χ2n) is 3.68. The summed E-state index contributed by atoms with van der Waals surface area (Å²) >= 11 is 0. The molecule has 0 aliphatic heterocycles. The van der Waals surface area contributed by atoms with Gasteiger partial charge in [0.1, 0.15) is 11.6 Å². The monoisotopic (exact) mass is 232 g/mol. The summed E-state index contributed by atoms with van der Waals surface area (Å²) < 4.78 is 13.3. The quantitative estimate of drug-likeness (QED) is 0.713. The van der Waals surface area contributed by atoms with E-state index in [2.05, 4.69) is 5.32 Å². The van der Waals surface area contributed by atoms with Crippen molar-refractivity contribution >= 4 is 11.4 Å². The zero-order valence-electron chi connectivity index (χ0n) is 9.15. The number of rotatable bonds is 3. The number of benzene rings is 2. The van der Waals surface area contributed by atoms with Crippen molar-refractivity contribution in [1.29, 1.82) is 0 Å². The Morgan fingerprint density at radius 3 is 2.59 bits per heavy atom. The standard InChI is InChI=1S/C13H13FN2O/c14-10-4-1-2-6-12(10)16-8-9-11(15)5-3-7-13(9)17/h1-7,16-17H,8,15H2. The van der Waals surface area contributed by atoms with Gasteiger partial charge in [0, 0.05) is 17.8 Å². The lowest BCUT2D eigenvalue weighted by molar-refractivity contribution is 0.469. The highest BCUT2D eigenvalue weighted by Crippen LogP contribution is 2.24. The summed E-state index contributed by atoms with van der Waals surface area (Å²) in [6.45, 7) is 0.277. The van der Waals surface area contributed by atoms with Crippen LogP contribution in [0.3, 0.4) is 0 Å². The predicted molar refractivity (Wildman–Crippen MR) is 66.2 cm³/mol. The van der Waals surface area contributed by atoms with Crippen molar-refractivity contribution in [2.75, 3.05) is 11.1 Å². The lowest BCUT2D eigenvalue weighted by Gasteiger charge is -2.10. The van der Waals surface area contributed by atoms with E-state index in [4.69, 9.17) is 5.73 Å². The summed E-state index contributed by atoms with van der Waals surface area (Å²) in [7, 11) is 0. The molecule has 0 aliphatic carbocycles. The molecule has 0 saturated carbocycles. The molecule has 17 heavy (non-hydrogen) atoms. The molecule has 0 radical (unpaired) electrons. The van der Waals surface area contributed by atoms with E-state index in [0.717, 1.165) is 0 Å². The number of halogens is 1. The fourth-order valence-corrected chi connectivity index (χ4v) is 1.57. The number of phenols is 1. The molecule has 3 nitrogen and oxygen atoms in total. The Hall–Kier alpha value is -2.23. The topological polar surface area (TPSA) is 58.3 Å². The number of hydrogen-bond donors (Lipinski definition) is 3. The predicted octanol–water partition coefficient (Wildman–Crippen LogP) is 2.73. The SMILES string of the molecule is Nc1cccc(O)c1CNc1ccccc1F. The van der Waals surface area contributed by atoms with Crippen LogP contribution in [0.5, 0.6) is 5.75 Å². The minimum atomic E-state index is -0.332. The van der Waals surface area contributed by atoms with Crippen LogP contribution in [-0.4, -0.2) is 5.11 Å². The van der Waals surface area contributed by atoms with Crippen molar-refractivity contribution in [3.8, 4) is 5.75 Å².